The molecular weight excluding hydrogens is 260 g/mol. The molecule has 4 N–H and O–H groups in total. The molecule has 6 heteroatoms. The van der Waals surface area contributed by atoms with E-state index in [1.807, 2.05) is 0 Å². The van der Waals surface area contributed by atoms with Crippen molar-refractivity contribution in [2.24, 2.45) is 5.73 Å². The van der Waals surface area contributed by atoms with Gasteiger partial charge in [0.05, 0.1) is 17.2 Å². The molecule has 0 aliphatic heterocycles. The zero-order valence-corrected chi connectivity index (χ0v) is 10.3. The van der Waals surface area contributed by atoms with Gasteiger partial charge in [-0.25, -0.2) is 0 Å². The molecule has 0 aliphatic carbocycles. The predicted octanol–water partition coefficient (Wildman–Crippen LogP) is 2.50. The van der Waals surface area contributed by atoms with Gasteiger partial charge in [0.2, 0.25) is 0 Å². The molecule has 0 fully saturated rings. The molecule has 1 rings (SSSR count). The number of benzene rings is 1. The van der Waals surface area contributed by atoms with Gasteiger partial charge in [-0.3, -0.25) is 0 Å². The van der Waals surface area contributed by atoms with Crippen LogP contribution in [0.3, 0.4) is 0 Å². The normalized spacial score (nSPS) is 14.2. The van der Waals surface area contributed by atoms with E-state index in [1.54, 1.807) is 0 Å². The van der Waals surface area contributed by atoms with E-state index in [0.717, 1.165) is 0 Å². The summed E-state index contributed by atoms with van der Waals surface area (Å²) in [5.74, 6) is -0.101. The van der Waals surface area contributed by atoms with Gasteiger partial charge in [-0.1, -0.05) is 23.2 Å². The van der Waals surface area contributed by atoms with Crippen molar-refractivity contribution in [3.63, 3.8) is 0 Å². The van der Waals surface area contributed by atoms with Crippen LogP contribution >= 0.6 is 35.6 Å². The maximum atomic E-state index is 9.53. The first-order valence-corrected chi connectivity index (χ1v) is 4.80. The van der Waals surface area contributed by atoms with Gasteiger partial charge in [0.25, 0.3) is 0 Å². The minimum Gasteiger partial charge on any atom is -0.507 e. The fourth-order valence-corrected chi connectivity index (χ4v) is 1.75. The first-order chi connectivity index (χ1) is 6.43. The van der Waals surface area contributed by atoms with Crippen molar-refractivity contribution in [1.29, 1.82) is 0 Å². The molecule has 0 heterocycles. The topological polar surface area (TPSA) is 66.5 Å². The molecule has 15 heavy (non-hydrogen) atoms. The fraction of sp³-hybridized carbons (Fsp3) is 0.333. The van der Waals surface area contributed by atoms with Crippen LogP contribution in [0.1, 0.15) is 18.5 Å². The van der Waals surface area contributed by atoms with Crippen LogP contribution in [0, 0.1) is 0 Å². The summed E-state index contributed by atoms with van der Waals surface area (Å²) in [7, 11) is 0. The Hall–Kier alpha value is -0.190. The third-order valence-corrected chi connectivity index (χ3v) is 2.46. The number of aromatic hydroxyl groups is 1. The van der Waals surface area contributed by atoms with Gasteiger partial charge in [0.1, 0.15) is 5.75 Å². The number of hydrogen-bond donors (Lipinski definition) is 3. The minimum atomic E-state index is -0.792. The number of halogens is 3. The lowest BCUT2D eigenvalue weighted by Crippen LogP contribution is -2.23. The average Bonchev–Trinajstić information content (AvgIpc) is 2.01. The molecule has 0 saturated carbocycles. The molecule has 1 aromatic carbocycles. The molecular formula is C9H12Cl3NO2. The number of hydrogen-bond acceptors (Lipinski definition) is 3. The second-order valence-corrected chi connectivity index (χ2v) is 3.93. The molecule has 86 valence electrons. The molecule has 0 saturated heterocycles. The van der Waals surface area contributed by atoms with Gasteiger partial charge in [-0.2, -0.15) is 0 Å². The summed E-state index contributed by atoms with van der Waals surface area (Å²) in [6.45, 7) is 1.52. The Morgan fingerprint density at radius 1 is 1.33 bits per heavy atom. The molecule has 2 atom stereocenters. The van der Waals surface area contributed by atoms with E-state index < -0.39 is 12.1 Å². The lowest BCUT2D eigenvalue weighted by molar-refractivity contribution is 0.163. The number of aliphatic hydroxyl groups excluding tert-OH is 1. The van der Waals surface area contributed by atoms with Gasteiger partial charge in [-0.05, 0) is 19.1 Å². The van der Waals surface area contributed by atoms with Crippen molar-refractivity contribution in [3.8, 4) is 5.75 Å². The summed E-state index contributed by atoms with van der Waals surface area (Å²) >= 11 is 11.5. The zero-order valence-electron chi connectivity index (χ0n) is 7.95. The summed E-state index contributed by atoms with van der Waals surface area (Å²) < 4.78 is 0. The standard InChI is InChI=1S/C9H11Cl2NO2.ClH/c1-4(13)9(12)8-6(11)2-5(10)3-7(8)14;/h2-4,9,13-14H,12H2,1H3;1H/t4-,9-;/m0./s1. The Labute approximate surface area is 104 Å². The van der Waals surface area contributed by atoms with Gasteiger partial charge in [0.15, 0.2) is 0 Å². The Bertz CT molecular complexity index is 321. The Balaban J connectivity index is 0.00000196. The molecule has 0 bridgehead atoms. The number of phenols is 1. The highest BCUT2D eigenvalue weighted by atomic mass is 35.5. The van der Waals surface area contributed by atoms with E-state index in [1.165, 1.54) is 19.1 Å². The lowest BCUT2D eigenvalue weighted by Gasteiger charge is -2.17. The average molecular weight is 273 g/mol. The van der Waals surface area contributed by atoms with Gasteiger partial charge >= 0.3 is 0 Å². The molecule has 0 aromatic heterocycles. The van der Waals surface area contributed by atoms with E-state index >= 15 is 0 Å². The Kier molecular flexibility index (Phi) is 5.70. The molecule has 0 unspecified atom stereocenters. The monoisotopic (exact) mass is 271 g/mol. The van der Waals surface area contributed by atoms with Gasteiger partial charge < -0.3 is 15.9 Å². The minimum absolute atomic E-state index is 0. The van der Waals surface area contributed by atoms with Crippen LogP contribution in [-0.2, 0) is 0 Å². The second-order valence-electron chi connectivity index (χ2n) is 3.09. The highest BCUT2D eigenvalue weighted by Gasteiger charge is 2.19. The number of rotatable bonds is 2. The number of nitrogens with two attached hydrogens (primary N) is 1. The van der Waals surface area contributed by atoms with E-state index in [4.69, 9.17) is 28.9 Å². The molecule has 1 aromatic rings. The maximum Gasteiger partial charge on any atom is 0.123 e. The van der Waals surface area contributed by atoms with Crippen molar-refractivity contribution in [3.05, 3.63) is 27.7 Å². The molecule has 0 amide bonds. The van der Waals surface area contributed by atoms with E-state index in [-0.39, 0.29) is 23.2 Å². The fourth-order valence-electron chi connectivity index (χ4n) is 1.14. The second kappa shape index (κ2) is 5.77. The summed E-state index contributed by atoms with van der Waals surface area (Å²) in [5.41, 5.74) is 5.96. The summed E-state index contributed by atoms with van der Waals surface area (Å²) in [5, 5.41) is 19.4. The van der Waals surface area contributed by atoms with Crippen LogP contribution in [0.5, 0.6) is 5.75 Å². The predicted molar refractivity (Wildman–Crippen MR) is 64.0 cm³/mol. The highest BCUT2D eigenvalue weighted by Crippen LogP contribution is 2.34. The smallest absolute Gasteiger partial charge is 0.123 e. The lowest BCUT2D eigenvalue weighted by atomic mass is 10.0. The summed E-state index contributed by atoms with van der Waals surface area (Å²) in [6.07, 6.45) is -0.792. The van der Waals surface area contributed by atoms with Crippen molar-refractivity contribution >= 4 is 35.6 Å². The van der Waals surface area contributed by atoms with Crippen molar-refractivity contribution in [2.75, 3.05) is 0 Å². The van der Waals surface area contributed by atoms with Crippen molar-refractivity contribution in [1.82, 2.24) is 0 Å². The van der Waals surface area contributed by atoms with Crippen LogP contribution in [-0.4, -0.2) is 16.3 Å². The first-order valence-electron chi connectivity index (χ1n) is 4.05. The molecule has 3 nitrogen and oxygen atoms in total. The zero-order chi connectivity index (χ0) is 10.9. The molecule has 0 aliphatic rings. The largest absolute Gasteiger partial charge is 0.507 e. The molecule has 0 spiro atoms. The van der Waals surface area contributed by atoms with Gasteiger partial charge in [-0.15, -0.1) is 12.4 Å². The Morgan fingerprint density at radius 3 is 2.27 bits per heavy atom. The molecule has 0 radical (unpaired) electrons. The number of aliphatic hydroxyl groups is 1. The van der Waals surface area contributed by atoms with E-state index in [0.29, 0.717) is 10.6 Å². The highest BCUT2D eigenvalue weighted by molar-refractivity contribution is 6.35. The SMILES string of the molecule is C[C@H](O)[C@H](N)c1c(O)cc(Cl)cc1Cl.Cl. The first kappa shape index (κ1) is 14.8. The van der Waals surface area contributed by atoms with E-state index in [9.17, 15) is 10.2 Å². The van der Waals surface area contributed by atoms with Crippen molar-refractivity contribution < 1.29 is 10.2 Å². The van der Waals surface area contributed by atoms with Crippen LogP contribution in [0.15, 0.2) is 12.1 Å². The summed E-state index contributed by atoms with van der Waals surface area (Å²) in [4.78, 5) is 0. The van der Waals surface area contributed by atoms with Crippen LogP contribution < -0.4 is 5.73 Å². The third-order valence-electron chi connectivity index (χ3n) is 1.93. The third kappa shape index (κ3) is 3.40. The van der Waals surface area contributed by atoms with Crippen LogP contribution in [0.2, 0.25) is 10.0 Å². The van der Waals surface area contributed by atoms with Crippen LogP contribution in [0.25, 0.3) is 0 Å². The van der Waals surface area contributed by atoms with Crippen molar-refractivity contribution in [2.45, 2.75) is 19.1 Å². The quantitative estimate of drug-likeness (QED) is 0.775. The Morgan fingerprint density at radius 2 is 1.87 bits per heavy atom. The maximum absolute atomic E-state index is 9.53. The van der Waals surface area contributed by atoms with Gasteiger partial charge in [0, 0.05) is 10.6 Å². The summed E-state index contributed by atoms with van der Waals surface area (Å²) in [6, 6.07) is 2.09. The number of phenolic OH excluding ortho intramolecular Hbond substituents is 1. The van der Waals surface area contributed by atoms with E-state index in [2.05, 4.69) is 0 Å². The van der Waals surface area contributed by atoms with Crippen LogP contribution in [0.4, 0.5) is 0 Å².